The highest BCUT2D eigenvalue weighted by molar-refractivity contribution is 7.13. The summed E-state index contributed by atoms with van der Waals surface area (Å²) in [6.07, 6.45) is 0. The van der Waals surface area contributed by atoms with Crippen LogP contribution >= 0.6 is 11.3 Å². The lowest BCUT2D eigenvalue weighted by molar-refractivity contribution is 1.66. The van der Waals surface area contributed by atoms with E-state index in [9.17, 15) is 0 Å². The van der Waals surface area contributed by atoms with E-state index in [1.54, 1.807) is 11.3 Å². The monoisotopic (exact) mass is 209 g/mol. The van der Waals surface area contributed by atoms with E-state index in [-0.39, 0.29) is 0 Å². The first kappa shape index (κ1) is 8.69. The first-order valence-electron chi connectivity index (χ1n) is 4.87. The van der Waals surface area contributed by atoms with Crippen LogP contribution in [0.25, 0.3) is 21.6 Å². The fraction of sp³-hybridized carbons (Fsp3) is 0. The molecule has 0 fully saturated rings. The SMILES string of the molecule is [c]1ccc(-c2cc3cccsc-3c2)cc1. The highest BCUT2D eigenvalue weighted by atomic mass is 32.1. The Labute approximate surface area is 93.2 Å². The third-order valence-corrected chi connectivity index (χ3v) is 3.38. The average molecular weight is 209 g/mol. The van der Waals surface area contributed by atoms with Gasteiger partial charge in [-0.2, -0.15) is 0 Å². The van der Waals surface area contributed by atoms with E-state index >= 15 is 0 Å². The number of benzene rings is 1. The first-order chi connectivity index (χ1) is 7.43. The van der Waals surface area contributed by atoms with Crippen molar-refractivity contribution in [2.24, 2.45) is 0 Å². The molecule has 1 aliphatic carbocycles. The molecule has 71 valence electrons. The number of rotatable bonds is 1. The first-order valence-corrected chi connectivity index (χ1v) is 5.75. The minimum atomic E-state index is 1.26. The van der Waals surface area contributed by atoms with Gasteiger partial charge in [-0.3, -0.25) is 0 Å². The van der Waals surface area contributed by atoms with Crippen LogP contribution in [-0.4, -0.2) is 0 Å². The maximum atomic E-state index is 3.04. The van der Waals surface area contributed by atoms with Gasteiger partial charge in [-0.05, 0) is 40.3 Å². The summed E-state index contributed by atoms with van der Waals surface area (Å²) in [5.74, 6) is 0. The average Bonchev–Trinajstić information content (AvgIpc) is 2.74. The van der Waals surface area contributed by atoms with Gasteiger partial charge in [0, 0.05) is 4.88 Å². The molecule has 1 aromatic rings. The quantitative estimate of drug-likeness (QED) is 0.560. The summed E-state index contributed by atoms with van der Waals surface area (Å²) in [4.78, 5) is 1.35. The zero-order chi connectivity index (χ0) is 10.1. The maximum Gasteiger partial charge on any atom is 0.0348 e. The molecule has 15 heavy (non-hydrogen) atoms. The smallest absolute Gasteiger partial charge is 0.0348 e. The normalized spacial score (nSPS) is 10.7. The zero-order valence-corrected chi connectivity index (χ0v) is 8.92. The predicted octanol–water partition coefficient (Wildman–Crippen LogP) is 4.32. The Morgan fingerprint density at radius 3 is 2.53 bits per heavy atom. The molecule has 0 amide bonds. The van der Waals surface area contributed by atoms with Crippen LogP contribution in [0.15, 0.2) is 53.9 Å². The summed E-state index contributed by atoms with van der Waals surface area (Å²) in [5, 5.41) is 2.12. The Kier molecular flexibility index (Phi) is 2.04. The molecule has 1 aliphatic heterocycles. The van der Waals surface area contributed by atoms with Crippen LogP contribution < -0.4 is 0 Å². The van der Waals surface area contributed by atoms with Crippen molar-refractivity contribution < 1.29 is 0 Å². The lowest BCUT2D eigenvalue weighted by atomic mass is 10.1. The van der Waals surface area contributed by atoms with Crippen molar-refractivity contribution in [2.45, 2.75) is 0 Å². The molecule has 1 aromatic carbocycles. The second-order valence-corrected chi connectivity index (χ2v) is 4.41. The minimum Gasteiger partial charge on any atom is -0.144 e. The summed E-state index contributed by atoms with van der Waals surface area (Å²) in [7, 11) is 0. The Morgan fingerprint density at radius 1 is 0.867 bits per heavy atom. The largest absolute Gasteiger partial charge is 0.144 e. The van der Waals surface area contributed by atoms with Crippen LogP contribution in [0.2, 0.25) is 0 Å². The molecule has 0 aromatic heterocycles. The Bertz CT molecular complexity index is 506. The molecular weight excluding hydrogens is 200 g/mol. The van der Waals surface area contributed by atoms with Gasteiger partial charge in [-0.1, -0.05) is 36.4 Å². The van der Waals surface area contributed by atoms with E-state index < -0.39 is 0 Å². The minimum absolute atomic E-state index is 1.26. The molecule has 0 nitrogen and oxygen atoms in total. The van der Waals surface area contributed by atoms with Crippen LogP contribution in [0, 0.1) is 6.07 Å². The van der Waals surface area contributed by atoms with Crippen LogP contribution in [0.4, 0.5) is 0 Å². The van der Waals surface area contributed by atoms with Gasteiger partial charge in [0.05, 0.1) is 0 Å². The molecule has 0 unspecified atom stereocenters. The van der Waals surface area contributed by atoms with E-state index in [0.717, 1.165) is 0 Å². The van der Waals surface area contributed by atoms with Gasteiger partial charge in [-0.25, -0.2) is 0 Å². The van der Waals surface area contributed by atoms with Gasteiger partial charge in [0.15, 0.2) is 0 Å². The molecule has 1 heterocycles. The van der Waals surface area contributed by atoms with Crippen molar-refractivity contribution in [1.29, 1.82) is 0 Å². The fourth-order valence-electron chi connectivity index (χ4n) is 1.74. The van der Waals surface area contributed by atoms with Crippen LogP contribution in [0.1, 0.15) is 0 Å². The van der Waals surface area contributed by atoms with E-state index in [4.69, 9.17) is 0 Å². The van der Waals surface area contributed by atoms with E-state index in [2.05, 4.69) is 47.8 Å². The molecule has 0 saturated carbocycles. The van der Waals surface area contributed by atoms with Crippen molar-refractivity contribution in [3.63, 3.8) is 0 Å². The van der Waals surface area contributed by atoms with Crippen molar-refractivity contribution in [1.82, 2.24) is 0 Å². The third kappa shape index (κ3) is 1.55. The molecule has 1 heteroatoms. The summed E-state index contributed by atoms with van der Waals surface area (Å²) in [6, 6.07) is 19.9. The van der Waals surface area contributed by atoms with Gasteiger partial charge < -0.3 is 0 Å². The Morgan fingerprint density at radius 2 is 1.73 bits per heavy atom. The highest BCUT2D eigenvalue weighted by Gasteiger charge is 2.06. The maximum absolute atomic E-state index is 3.04. The molecule has 1 radical (unpaired) electrons. The number of hydrogen-bond donors (Lipinski definition) is 0. The van der Waals surface area contributed by atoms with Crippen molar-refractivity contribution in [3.8, 4) is 21.6 Å². The highest BCUT2D eigenvalue weighted by Crippen LogP contribution is 2.34. The molecule has 0 bridgehead atoms. The predicted molar refractivity (Wildman–Crippen MR) is 65.2 cm³/mol. The number of fused-ring (bicyclic) bond motifs is 1. The number of hydrogen-bond acceptors (Lipinski definition) is 1. The van der Waals surface area contributed by atoms with E-state index in [1.807, 2.05) is 12.1 Å². The van der Waals surface area contributed by atoms with Crippen LogP contribution in [0.5, 0.6) is 0 Å². The Balaban J connectivity index is 2.18. The molecule has 0 spiro atoms. The van der Waals surface area contributed by atoms with E-state index in [0.29, 0.717) is 0 Å². The van der Waals surface area contributed by atoms with E-state index in [1.165, 1.54) is 21.6 Å². The van der Waals surface area contributed by atoms with Crippen LogP contribution in [0.3, 0.4) is 0 Å². The summed E-state index contributed by atoms with van der Waals surface area (Å²) in [6.45, 7) is 0. The Hall–Kier alpha value is -1.60. The molecule has 2 aliphatic rings. The molecule has 3 rings (SSSR count). The second kappa shape index (κ2) is 3.52. The van der Waals surface area contributed by atoms with Crippen molar-refractivity contribution in [3.05, 3.63) is 60.0 Å². The molecule has 0 atom stereocenters. The van der Waals surface area contributed by atoms with Gasteiger partial charge in [-0.15, -0.1) is 11.3 Å². The second-order valence-electron chi connectivity index (χ2n) is 3.47. The van der Waals surface area contributed by atoms with Gasteiger partial charge in [0.1, 0.15) is 0 Å². The summed E-state index contributed by atoms with van der Waals surface area (Å²) < 4.78 is 0. The van der Waals surface area contributed by atoms with Gasteiger partial charge in [0.2, 0.25) is 0 Å². The summed E-state index contributed by atoms with van der Waals surface area (Å²) >= 11 is 1.78. The fourth-order valence-corrected chi connectivity index (χ4v) is 2.50. The standard InChI is InChI=1S/C14H9S/c1-2-5-11(6-3-1)13-9-12-7-4-8-15-14(12)10-13/h2-10H. The van der Waals surface area contributed by atoms with Gasteiger partial charge in [0.25, 0.3) is 0 Å². The lowest BCUT2D eigenvalue weighted by Gasteiger charge is -1.93. The van der Waals surface area contributed by atoms with Gasteiger partial charge >= 0.3 is 0 Å². The molecule has 0 saturated heterocycles. The van der Waals surface area contributed by atoms with Crippen molar-refractivity contribution >= 4 is 11.3 Å². The lowest BCUT2D eigenvalue weighted by Crippen LogP contribution is -1.69. The topological polar surface area (TPSA) is 0 Å². The van der Waals surface area contributed by atoms with Crippen LogP contribution in [-0.2, 0) is 0 Å². The third-order valence-electron chi connectivity index (χ3n) is 2.48. The zero-order valence-electron chi connectivity index (χ0n) is 8.10. The molecule has 0 N–H and O–H groups in total. The molecular formula is C14H9S. The summed E-state index contributed by atoms with van der Waals surface area (Å²) in [5.41, 5.74) is 3.88. The van der Waals surface area contributed by atoms with Crippen molar-refractivity contribution in [2.75, 3.05) is 0 Å².